The third kappa shape index (κ3) is 3.78. The number of rotatable bonds is 6. The molecule has 2 N–H and O–H groups in total. The van der Waals surface area contributed by atoms with Gasteiger partial charge < -0.3 is 10.2 Å². The maximum atomic E-state index is 12.3. The molecule has 0 saturated carbocycles. The summed E-state index contributed by atoms with van der Waals surface area (Å²) in [7, 11) is 0. The molecule has 1 aliphatic heterocycles. The van der Waals surface area contributed by atoms with Crippen molar-refractivity contribution in [2.75, 3.05) is 13.1 Å². The fraction of sp³-hybridized carbons (Fsp3) is 0.250. The van der Waals surface area contributed by atoms with Crippen LogP contribution in [0.4, 0.5) is 4.79 Å². The zero-order valence-electron chi connectivity index (χ0n) is 12.9. The van der Waals surface area contributed by atoms with Crippen molar-refractivity contribution in [3.05, 3.63) is 54.4 Å². The molecule has 1 aromatic carbocycles. The normalized spacial score (nSPS) is 15.2. The second-order valence-electron chi connectivity index (χ2n) is 5.47. The van der Waals surface area contributed by atoms with E-state index in [4.69, 9.17) is 0 Å². The molecule has 4 amide bonds. The number of aromatic nitrogens is 2. The predicted molar refractivity (Wildman–Crippen MR) is 84.7 cm³/mol. The van der Waals surface area contributed by atoms with Crippen LogP contribution < -0.4 is 10.6 Å². The first-order chi connectivity index (χ1) is 11.6. The van der Waals surface area contributed by atoms with Crippen molar-refractivity contribution in [1.29, 1.82) is 0 Å². The van der Waals surface area contributed by atoms with Crippen molar-refractivity contribution in [2.45, 2.75) is 12.6 Å². The van der Waals surface area contributed by atoms with Gasteiger partial charge in [0.1, 0.15) is 13.1 Å². The van der Waals surface area contributed by atoms with Crippen LogP contribution in [-0.2, 0) is 16.1 Å². The van der Waals surface area contributed by atoms with Gasteiger partial charge in [-0.15, -0.1) is 0 Å². The second kappa shape index (κ2) is 6.95. The Hall–Kier alpha value is -3.16. The first-order valence-corrected chi connectivity index (χ1v) is 7.52. The summed E-state index contributed by atoms with van der Waals surface area (Å²) in [5.41, 5.74) is 0.934. The van der Waals surface area contributed by atoms with E-state index in [0.29, 0.717) is 6.54 Å². The lowest BCUT2D eigenvalue weighted by molar-refractivity contribution is -0.122. The minimum Gasteiger partial charge on any atom is -0.346 e. The molecule has 0 radical (unpaired) electrons. The minimum atomic E-state index is -0.543. The molecule has 0 spiro atoms. The van der Waals surface area contributed by atoms with E-state index in [2.05, 4.69) is 15.7 Å². The molecule has 24 heavy (non-hydrogen) atoms. The number of hydrogen-bond donors (Lipinski definition) is 2. The Morgan fingerprint density at radius 2 is 2.04 bits per heavy atom. The van der Waals surface area contributed by atoms with Crippen LogP contribution in [0.3, 0.4) is 0 Å². The second-order valence-corrected chi connectivity index (χ2v) is 5.47. The lowest BCUT2D eigenvalue weighted by Crippen LogP contribution is -2.41. The van der Waals surface area contributed by atoms with E-state index in [1.165, 1.54) is 4.90 Å². The summed E-state index contributed by atoms with van der Waals surface area (Å²) in [5.74, 6) is -0.732. The third-order valence-corrected chi connectivity index (χ3v) is 3.67. The Labute approximate surface area is 138 Å². The van der Waals surface area contributed by atoms with Crippen molar-refractivity contribution in [3.8, 4) is 0 Å². The maximum absolute atomic E-state index is 12.3. The average Bonchev–Trinajstić information content (AvgIpc) is 3.17. The third-order valence-electron chi connectivity index (χ3n) is 3.67. The number of carbonyl (C=O) groups excluding carboxylic acids is 3. The molecular weight excluding hydrogens is 310 g/mol. The zero-order valence-corrected chi connectivity index (χ0v) is 12.9. The van der Waals surface area contributed by atoms with Gasteiger partial charge in [-0.25, -0.2) is 4.79 Å². The van der Waals surface area contributed by atoms with E-state index in [1.54, 1.807) is 10.9 Å². The molecule has 124 valence electrons. The molecule has 0 bridgehead atoms. The molecule has 1 atom stereocenters. The van der Waals surface area contributed by atoms with Crippen LogP contribution in [0, 0.1) is 0 Å². The van der Waals surface area contributed by atoms with E-state index in [-0.39, 0.29) is 25.0 Å². The summed E-state index contributed by atoms with van der Waals surface area (Å²) in [6.45, 7) is 0.204. The maximum Gasteiger partial charge on any atom is 0.325 e. The van der Waals surface area contributed by atoms with Gasteiger partial charge in [0, 0.05) is 12.4 Å². The molecule has 3 rings (SSSR count). The molecule has 1 aromatic heterocycles. The summed E-state index contributed by atoms with van der Waals surface area (Å²) in [4.78, 5) is 36.2. The van der Waals surface area contributed by atoms with Crippen molar-refractivity contribution in [1.82, 2.24) is 25.3 Å². The Balaban J connectivity index is 1.68. The van der Waals surface area contributed by atoms with Crippen LogP contribution >= 0.6 is 0 Å². The highest BCUT2D eigenvalue weighted by atomic mass is 16.2. The topological polar surface area (TPSA) is 96.3 Å². The van der Waals surface area contributed by atoms with Gasteiger partial charge in [0.05, 0.1) is 12.6 Å². The van der Waals surface area contributed by atoms with Gasteiger partial charge in [0.25, 0.3) is 0 Å². The predicted octanol–water partition coefficient (Wildman–Crippen LogP) is 0.292. The van der Waals surface area contributed by atoms with Crippen LogP contribution in [-0.4, -0.2) is 45.6 Å². The number of carbonyl (C=O) groups is 3. The quantitative estimate of drug-likeness (QED) is 0.746. The smallest absolute Gasteiger partial charge is 0.325 e. The highest BCUT2D eigenvalue weighted by molar-refractivity contribution is 6.03. The number of amides is 4. The largest absolute Gasteiger partial charge is 0.346 e. The fourth-order valence-corrected chi connectivity index (χ4v) is 2.54. The molecule has 8 nitrogen and oxygen atoms in total. The summed E-state index contributed by atoms with van der Waals surface area (Å²) in [6.07, 6.45) is 3.48. The molecule has 8 heteroatoms. The Bertz CT molecular complexity index is 729. The lowest BCUT2D eigenvalue weighted by atomic mass is 10.1. The Kier molecular flexibility index (Phi) is 4.55. The Morgan fingerprint density at radius 3 is 2.67 bits per heavy atom. The van der Waals surface area contributed by atoms with Crippen LogP contribution in [0.5, 0.6) is 0 Å². The van der Waals surface area contributed by atoms with Gasteiger partial charge in [-0.1, -0.05) is 30.3 Å². The number of nitrogens with one attached hydrogen (secondary N) is 2. The highest BCUT2D eigenvalue weighted by Crippen LogP contribution is 2.14. The standard InChI is InChI=1S/C16H17N5O3/c22-14(10-20-11-15(23)19-16(20)24)18-13(9-21-8-4-7-17-21)12-5-2-1-3-6-12/h1-8,13H,9-11H2,(H,18,22)(H,19,23,24)/t13-/m1/s1. The summed E-state index contributed by atoms with van der Waals surface area (Å²) < 4.78 is 1.73. The van der Waals surface area contributed by atoms with Gasteiger partial charge in [0.2, 0.25) is 11.8 Å². The first-order valence-electron chi connectivity index (χ1n) is 7.52. The molecule has 0 unspecified atom stereocenters. The summed E-state index contributed by atoms with van der Waals surface area (Å²) >= 11 is 0. The van der Waals surface area contributed by atoms with Crippen LogP contribution in [0.25, 0.3) is 0 Å². The van der Waals surface area contributed by atoms with Crippen LogP contribution in [0.15, 0.2) is 48.8 Å². The number of hydrogen-bond acceptors (Lipinski definition) is 4. The van der Waals surface area contributed by atoms with E-state index < -0.39 is 11.9 Å². The van der Waals surface area contributed by atoms with Crippen molar-refractivity contribution < 1.29 is 14.4 Å². The van der Waals surface area contributed by atoms with Crippen molar-refractivity contribution in [3.63, 3.8) is 0 Å². The van der Waals surface area contributed by atoms with Crippen molar-refractivity contribution in [2.24, 2.45) is 0 Å². The summed E-state index contributed by atoms with van der Waals surface area (Å²) in [5, 5.41) is 9.21. The molecule has 1 saturated heterocycles. The molecular formula is C16H17N5O3. The molecule has 0 aliphatic carbocycles. The molecule has 1 aliphatic rings. The SMILES string of the molecule is O=C1CN(CC(=O)N[C@H](Cn2cccn2)c2ccccc2)C(=O)N1. The van der Waals surface area contributed by atoms with Gasteiger partial charge in [-0.3, -0.25) is 19.6 Å². The molecule has 2 heterocycles. The van der Waals surface area contributed by atoms with E-state index >= 15 is 0 Å². The lowest BCUT2D eigenvalue weighted by Gasteiger charge is -2.21. The molecule has 2 aromatic rings. The first kappa shape index (κ1) is 15.7. The minimum absolute atomic E-state index is 0.0958. The zero-order chi connectivity index (χ0) is 16.9. The number of nitrogens with zero attached hydrogens (tertiary/aromatic N) is 3. The van der Waals surface area contributed by atoms with E-state index in [9.17, 15) is 14.4 Å². The van der Waals surface area contributed by atoms with Gasteiger partial charge in [0.15, 0.2) is 0 Å². The Morgan fingerprint density at radius 1 is 1.25 bits per heavy atom. The van der Waals surface area contributed by atoms with Crippen molar-refractivity contribution >= 4 is 17.8 Å². The van der Waals surface area contributed by atoms with Gasteiger partial charge in [-0.05, 0) is 11.6 Å². The fourth-order valence-electron chi connectivity index (χ4n) is 2.54. The number of urea groups is 1. The monoisotopic (exact) mass is 327 g/mol. The van der Waals surface area contributed by atoms with Crippen LogP contribution in [0.1, 0.15) is 11.6 Å². The van der Waals surface area contributed by atoms with Gasteiger partial charge >= 0.3 is 6.03 Å². The average molecular weight is 327 g/mol. The van der Waals surface area contributed by atoms with E-state index in [1.807, 2.05) is 42.6 Å². The van der Waals surface area contributed by atoms with E-state index in [0.717, 1.165) is 5.56 Å². The van der Waals surface area contributed by atoms with Gasteiger partial charge in [-0.2, -0.15) is 5.10 Å². The van der Waals surface area contributed by atoms with Crippen LogP contribution in [0.2, 0.25) is 0 Å². The highest BCUT2D eigenvalue weighted by Gasteiger charge is 2.28. The number of imide groups is 1. The summed E-state index contributed by atoms with van der Waals surface area (Å²) in [6, 6.07) is 10.5. The molecule has 1 fully saturated rings. The number of benzene rings is 1.